The van der Waals surface area contributed by atoms with Crippen molar-refractivity contribution in [3.63, 3.8) is 0 Å². The lowest BCUT2D eigenvalue weighted by Crippen LogP contribution is -2.47. The fourth-order valence-corrected chi connectivity index (χ4v) is 6.58. The van der Waals surface area contributed by atoms with Crippen molar-refractivity contribution in [2.75, 3.05) is 86.1 Å². The van der Waals surface area contributed by atoms with Crippen molar-refractivity contribution < 1.29 is 23.9 Å². The van der Waals surface area contributed by atoms with Crippen LogP contribution in [-0.2, 0) is 4.79 Å². The average molecular weight is 652 g/mol. The lowest BCUT2D eigenvalue weighted by molar-refractivity contribution is -0.382. The molecule has 18 nitrogen and oxygen atoms in total. The van der Waals surface area contributed by atoms with Gasteiger partial charge in [0.15, 0.2) is 11.0 Å². The standard InChI is InChI=1S/C26H30N10O6.C3H7NO/c37-35(38)25-19(15-17(21-23(25)29-41-27-21)31-7-3-1-4-8-31)33-11-13-34(14-12-33)20-16-18(32-9-5-2-6-10-32)22-24(30-42-28-22)26(20)36(39)40;1-4(2)3-5/h15-16H,1-14H2;3H,1-2H3. The Morgan fingerprint density at radius 2 is 0.915 bits per heavy atom. The maximum absolute atomic E-state index is 12.3. The molecule has 0 radical (unpaired) electrons. The monoisotopic (exact) mass is 651 g/mol. The van der Waals surface area contributed by atoms with Crippen LogP contribution in [0.1, 0.15) is 38.5 Å². The molecule has 3 aliphatic heterocycles. The number of carbonyl (C=O) groups excluding carboxylic acids is 1. The highest BCUT2D eigenvalue weighted by atomic mass is 16.6. The zero-order chi connectivity index (χ0) is 33.1. The first kappa shape index (κ1) is 31.7. The van der Waals surface area contributed by atoms with Gasteiger partial charge >= 0.3 is 11.4 Å². The number of piperazine rings is 1. The predicted molar refractivity (Wildman–Crippen MR) is 173 cm³/mol. The number of piperidine rings is 2. The minimum Gasteiger partial charge on any atom is -0.370 e. The van der Waals surface area contributed by atoms with Gasteiger partial charge in [0.1, 0.15) is 11.4 Å². The Bertz CT molecular complexity index is 1630. The van der Waals surface area contributed by atoms with E-state index in [4.69, 9.17) is 9.26 Å². The molecule has 5 heterocycles. The summed E-state index contributed by atoms with van der Waals surface area (Å²) in [5.74, 6) is 0. The summed E-state index contributed by atoms with van der Waals surface area (Å²) in [4.78, 5) is 42.9. The first-order valence-corrected chi connectivity index (χ1v) is 15.8. The van der Waals surface area contributed by atoms with Gasteiger partial charge in [-0.1, -0.05) is 0 Å². The second-order valence-electron chi connectivity index (χ2n) is 12.1. The Balaban J connectivity index is 0.000000720. The van der Waals surface area contributed by atoms with Gasteiger partial charge in [-0.2, -0.15) is 0 Å². The number of nitrogens with zero attached hydrogens (tertiary/aromatic N) is 11. The Morgan fingerprint density at radius 3 is 1.23 bits per heavy atom. The van der Waals surface area contributed by atoms with Crippen LogP contribution in [0.2, 0.25) is 0 Å². The summed E-state index contributed by atoms with van der Waals surface area (Å²) in [6.45, 7) is 4.94. The summed E-state index contributed by atoms with van der Waals surface area (Å²) in [5, 5.41) is 40.5. The Morgan fingerprint density at radius 1 is 0.596 bits per heavy atom. The van der Waals surface area contributed by atoms with Crippen LogP contribution in [-0.4, -0.2) is 108 Å². The highest BCUT2D eigenvalue weighted by molar-refractivity contribution is 6.01. The van der Waals surface area contributed by atoms with Crippen molar-refractivity contribution in [3.05, 3.63) is 32.4 Å². The summed E-state index contributed by atoms with van der Waals surface area (Å²) in [6.07, 6.45) is 7.14. The maximum atomic E-state index is 12.3. The quantitative estimate of drug-likeness (QED) is 0.159. The Kier molecular flexibility index (Phi) is 9.17. The lowest BCUT2D eigenvalue weighted by Gasteiger charge is -2.38. The van der Waals surface area contributed by atoms with Gasteiger partial charge in [0.25, 0.3) is 0 Å². The molecule has 3 aliphatic rings. The van der Waals surface area contributed by atoms with E-state index in [-0.39, 0.29) is 22.4 Å². The van der Waals surface area contributed by atoms with Crippen LogP contribution in [0.4, 0.5) is 34.1 Å². The van der Waals surface area contributed by atoms with Gasteiger partial charge in [0, 0.05) is 66.5 Å². The molecule has 3 fully saturated rings. The van der Waals surface area contributed by atoms with Crippen LogP contribution in [0.5, 0.6) is 0 Å². The molecule has 4 aromatic rings. The minimum absolute atomic E-state index is 0.131. The molecule has 0 saturated carbocycles. The molecule has 47 heavy (non-hydrogen) atoms. The highest BCUT2D eigenvalue weighted by Gasteiger charge is 2.35. The number of anilines is 4. The van der Waals surface area contributed by atoms with Crippen LogP contribution < -0.4 is 19.6 Å². The van der Waals surface area contributed by atoms with Crippen molar-refractivity contribution in [2.24, 2.45) is 0 Å². The summed E-state index contributed by atoms with van der Waals surface area (Å²) in [6, 6.07) is 3.66. The van der Waals surface area contributed by atoms with E-state index in [1.54, 1.807) is 14.1 Å². The number of carbonyl (C=O) groups is 1. The third-order valence-corrected chi connectivity index (χ3v) is 8.87. The largest absolute Gasteiger partial charge is 0.370 e. The van der Waals surface area contributed by atoms with Gasteiger partial charge in [-0.25, -0.2) is 9.26 Å². The topological polar surface area (TPSA) is 197 Å². The Labute approximate surface area is 269 Å². The van der Waals surface area contributed by atoms with Gasteiger partial charge in [-0.3, -0.25) is 25.0 Å². The van der Waals surface area contributed by atoms with Crippen molar-refractivity contribution in [3.8, 4) is 0 Å². The van der Waals surface area contributed by atoms with Crippen LogP contribution in [0.25, 0.3) is 22.1 Å². The fourth-order valence-electron chi connectivity index (χ4n) is 6.58. The number of aromatic nitrogens is 4. The molecule has 3 saturated heterocycles. The molecule has 2 aromatic heterocycles. The van der Waals surface area contributed by atoms with E-state index in [9.17, 15) is 25.0 Å². The van der Waals surface area contributed by atoms with E-state index >= 15 is 0 Å². The van der Waals surface area contributed by atoms with Gasteiger partial charge in [-0.15, -0.1) is 0 Å². The molecule has 0 aliphatic carbocycles. The van der Waals surface area contributed by atoms with E-state index in [0.29, 0.717) is 48.6 Å². The maximum Gasteiger partial charge on any atom is 0.323 e. The van der Waals surface area contributed by atoms with Crippen molar-refractivity contribution >= 4 is 62.6 Å². The molecule has 250 valence electrons. The molecule has 0 spiro atoms. The molecule has 18 heteroatoms. The summed E-state index contributed by atoms with van der Waals surface area (Å²) in [7, 11) is 3.38. The van der Waals surface area contributed by atoms with Crippen molar-refractivity contribution in [1.29, 1.82) is 0 Å². The van der Waals surface area contributed by atoms with Crippen LogP contribution in [0.15, 0.2) is 21.4 Å². The second-order valence-corrected chi connectivity index (χ2v) is 12.1. The van der Waals surface area contributed by atoms with Gasteiger partial charge < -0.3 is 24.5 Å². The molecule has 2 aromatic carbocycles. The van der Waals surface area contributed by atoms with E-state index in [2.05, 4.69) is 30.4 Å². The molecular weight excluding hydrogens is 614 g/mol. The van der Waals surface area contributed by atoms with Crippen molar-refractivity contribution in [2.45, 2.75) is 38.5 Å². The third-order valence-electron chi connectivity index (χ3n) is 8.87. The smallest absolute Gasteiger partial charge is 0.323 e. The number of hydrogen-bond donors (Lipinski definition) is 0. The molecule has 0 N–H and O–H groups in total. The first-order valence-electron chi connectivity index (χ1n) is 15.8. The first-order chi connectivity index (χ1) is 22.8. The molecule has 0 unspecified atom stereocenters. The van der Waals surface area contributed by atoms with Crippen molar-refractivity contribution in [1.82, 2.24) is 25.5 Å². The van der Waals surface area contributed by atoms with E-state index in [1.165, 1.54) is 4.90 Å². The number of hydrogen-bond acceptors (Lipinski definition) is 15. The van der Waals surface area contributed by atoms with Crippen LogP contribution >= 0.6 is 0 Å². The number of nitro benzene ring substituents is 2. The van der Waals surface area contributed by atoms with Crippen LogP contribution in [0.3, 0.4) is 0 Å². The highest BCUT2D eigenvalue weighted by Crippen LogP contribution is 2.44. The van der Waals surface area contributed by atoms with E-state index in [0.717, 1.165) is 82.5 Å². The van der Waals surface area contributed by atoms with E-state index in [1.807, 2.05) is 21.9 Å². The number of nitro groups is 2. The fraction of sp³-hybridized carbons (Fsp3) is 0.552. The van der Waals surface area contributed by atoms with Gasteiger partial charge in [0.2, 0.25) is 17.4 Å². The normalized spacial score (nSPS) is 17.1. The number of amides is 1. The molecular formula is C29H37N11O7. The summed E-state index contributed by atoms with van der Waals surface area (Å²) in [5.41, 5.74) is 3.20. The molecule has 7 rings (SSSR count). The van der Waals surface area contributed by atoms with Gasteiger partial charge in [0.05, 0.1) is 21.2 Å². The van der Waals surface area contributed by atoms with Crippen LogP contribution in [0, 0.1) is 20.2 Å². The SMILES string of the molecule is CN(C)C=O.O=[N+]([O-])c1c(N2CCN(c3cc(N4CCCCC4)c4nonc4c3[N+](=O)[O-])CC2)cc(N2CCCCC2)c2nonc12. The zero-order valence-corrected chi connectivity index (χ0v) is 26.4. The van der Waals surface area contributed by atoms with Gasteiger partial charge in [-0.05, 0) is 71.3 Å². The van der Waals surface area contributed by atoms with E-state index < -0.39 is 9.85 Å². The zero-order valence-electron chi connectivity index (χ0n) is 26.4. The molecule has 1 amide bonds. The Hall–Kier alpha value is -5.29. The lowest BCUT2D eigenvalue weighted by atomic mass is 10.1. The third kappa shape index (κ3) is 6.26. The summed E-state index contributed by atoms with van der Waals surface area (Å²) < 4.78 is 9.97. The summed E-state index contributed by atoms with van der Waals surface area (Å²) >= 11 is 0. The number of fused-ring (bicyclic) bond motifs is 2. The predicted octanol–water partition coefficient (Wildman–Crippen LogP) is 3.59. The molecule has 0 atom stereocenters. The average Bonchev–Trinajstić information content (AvgIpc) is 3.78. The number of rotatable bonds is 7. The molecule has 0 bridgehead atoms. The minimum atomic E-state index is -0.435. The number of benzene rings is 2. The second kappa shape index (κ2) is 13.6.